The number of anilines is 1. The van der Waals surface area contributed by atoms with E-state index >= 15 is 0 Å². The topological polar surface area (TPSA) is 149 Å². The number of nitrogens with one attached hydrogen (secondary N) is 1. The number of aliphatic carboxylic acids is 1. The molecule has 7 rings (SSSR count). The van der Waals surface area contributed by atoms with Gasteiger partial charge in [-0.1, -0.05) is 49.2 Å². The Kier molecular flexibility index (Phi) is 15.0. The van der Waals surface area contributed by atoms with Crippen molar-refractivity contribution in [2.24, 2.45) is 0 Å². The first-order valence-corrected chi connectivity index (χ1v) is 21.8. The van der Waals surface area contributed by atoms with Crippen molar-refractivity contribution in [3.05, 3.63) is 95.2 Å². The maximum absolute atomic E-state index is 13.0. The predicted octanol–water partition coefficient (Wildman–Crippen LogP) is 7.72. The lowest BCUT2D eigenvalue weighted by Gasteiger charge is -2.32. The van der Waals surface area contributed by atoms with Crippen LogP contribution in [0.1, 0.15) is 36.6 Å². The summed E-state index contributed by atoms with van der Waals surface area (Å²) in [6, 6.07) is 17.1. The maximum atomic E-state index is 13.0. The molecule has 0 radical (unpaired) electrons. The van der Waals surface area contributed by atoms with E-state index in [1.165, 1.54) is 17.7 Å². The van der Waals surface area contributed by atoms with E-state index in [0.717, 1.165) is 84.9 Å². The quantitative estimate of drug-likeness (QED) is 0.0681. The Balaban J connectivity index is 1.21. The van der Waals surface area contributed by atoms with Gasteiger partial charge < -0.3 is 34.3 Å². The van der Waals surface area contributed by atoms with Gasteiger partial charge in [0.2, 0.25) is 12.0 Å². The second-order valence-electron chi connectivity index (χ2n) is 15.0. The Morgan fingerprint density at radius 1 is 0.984 bits per heavy atom. The molecule has 1 aliphatic heterocycles. The molecule has 61 heavy (non-hydrogen) atoms. The summed E-state index contributed by atoms with van der Waals surface area (Å²) in [6.07, 6.45) is 5.74. The predicted molar refractivity (Wildman–Crippen MR) is 239 cm³/mol. The third-order valence-electron chi connectivity index (χ3n) is 10.8. The number of fused-ring (bicyclic) bond motifs is 1. The second-order valence-corrected chi connectivity index (χ2v) is 16.4. The average Bonchev–Trinajstić information content (AvgIpc) is 3.90. The number of aromatic nitrogens is 5. The number of ether oxygens (including phenoxy) is 4. The number of hydrogen-bond donors (Lipinski definition) is 2. The molecular weight excluding hydrogens is 816 g/mol. The number of carboxylic acids is 1. The molecular formula is C45H53ClN8O6S. The van der Waals surface area contributed by atoms with Gasteiger partial charge in [0, 0.05) is 87.7 Å². The molecule has 0 unspecified atom stereocenters. The van der Waals surface area contributed by atoms with Crippen molar-refractivity contribution >= 4 is 44.9 Å². The van der Waals surface area contributed by atoms with E-state index in [1.54, 1.807) is 19.5 Å². The van der Waals surface area contributed by atoms with Crippen molar-refractivity contribution in [1.82, 2.24) is 34.5 Å². The molecule has 16 heteroatoms. The van der Waals surface area contributed by atoms with Crippen LogP contribution in [-0.4, -0.2) is 118 Å². The highest BCUT2D eigenvalue weighted by atomic mass is 35.5. The minimum Gasteiger partial charge on any atom is -0.491 e. The molecule has 4 aromatic heterocycles. The summed E-state index contributed by atoms with van der Waals surface area (Å²) < 4.78 is 26.1. The number of methoxy groups -OCH3 is 1. The molecule has 322 valence electrons. The van der Waals surface area contributed by atoms with Crippen LogP contribution in [-0.2, 0) is 29.1 Å². The van der Waals surface area contributed by atoms with E-state index in [1.807, 2.05) is 66.2 Å². The van der Waals surface area contributed by atoms with Crippen LogP contribution in [0.25, 0.3) is 31.8 Å². The highest BCUT2D eigenvalue weighted by Gasteiger charge is 2.28. The molecule has 14 nitrogen and oxygen atoms in total. The summed E-state index contributed by atoms with van der Waals surface area (Å²) in [5.41, 5.74) is 4.81. The van der Waals surface area contributed by atoms with Gasteiger partial charge in [-0.3, -0.25) is 9.58 Å². The first-order valence-electron chi connectivity index (χ1n) is 20.6. The largest absolute Gasteiger partial charge is 0.491 e. The summed E-state index contributed by atoms with van der Waals surface area (Å²) in [5.74, 6) is 0.864. The van der Waals surface area contributed by atoms with Crippen molar-refractivity contribution in [1.29, 1.82) is 0 Å². The third-order valence-corrected chi connectivity index (χ3v) is 12.4. The molecule has 0 spiro atoms. The van der Waals surface area contributed by atoms with E-state index in [-0.39, 0.29) is 18.9 Å². The number of rotatable bonds is 21. The number of aryl methyl sites for hydroxylation is 1. The van der Waals surface area contributed by atoms with Crippen LogP contribution in [0.3, 0.4) is 0 Å². The molecule has 0 aliphatic carbocycles. The highest BCUT2D eigenvalue weighted by Crippen LogP contribution is 2.49. The Labute approximate surface area is 365 Å². The number of nitrogens with zero attached hydrogens (tertiary/aromatic N) is 7. The number of piperazine rings is 1. The number of carbonyl (C=O) groups is 1. The van der Waals surface area contributed by atoms with Gasteiger partial charge in [0.15, 0.2) is 0 Å². The van der Waals surface area contributed by atoms with Gasteiger partial charge in [-0.05, 0) is 67.4 Å². The summed E-state index contributed by atoms with van der Waals surface area (Å²) in [5, 5.41) is 19.4. The zero-order valence-electron chi connectivity index (χ0n) is 35.1. The third kappa shape index (κ3) is 10.8. The highest BCUT2D eigenvalue weighted by molar-refractivity contribution is 7.22. The molecule has 2 N–H and O–H groups in total. The minimum absolute atomic E-state index is 0.0188. The molecule has 1 saturated heterocycles. The lowest BCUT2D eigenvalue weighted by molar-refractivity contribution is -0.145. The molecule has 0 bridgehead atoms. The normalized spacial score (nSPS) is 14.0. The Bertz CT molecular complexity index is 2380. The van der Waals surface area contributed by atoms with Crippen LogP contribution in [0.15, 0.2) is 73.3 Å². The molecule has 1 fully saturated rings. The fourth-order valence-electron chi connectivity index (χ4n) is 7.24. The summed E-state index contributed by atoms with van der Waals surface area (Å²) in [6.45, 7) is 11.7. The van der Waals surface area contributed by atoms with E-state index in [2.05, 4.69) is 49.1 Å². The Morgan fingerprint density at radius 2 is 1.82 bits per heavy atom. The molecule has 0 amide bonds. The number of pyridine rings is 1. The Hall–Kier alpha value is -5.32. The van der Waals surface area contributed by atoms with Gasteiger partial charge >= 0.3 is 5.97 Å². The molecule has 0 saturated carbocycles. The van der Waals surface area contributed by atoms with Crippen molar-refractivity contribution in [3.8, 4) is 38.9 Å². The SMILES string of the molecule is CCCCn1nccc1COc1ccccc1C[C@@H](Oc1ncnc2sc(-c3ccc(NCCOC)nc3)c(-c3ccc(OCCN4CCN(C)CC4)c(Cl)c3C)c12)C(=O)O. The number of para-hydroxylation sites is 1. The number of hydrogen-bond acceptors (Lipinski definition) is 13. The zero-order valence-corrected chi connectivity index (χ0v) is 36.7. The van der Waals surface area contributed by atoms with Crippen LogP contribution in [0.5, 0.6) is 17.4 Å². The lowest BCUT2D eigenvalue weighted by atomic mass is 9.96. The number of halogens is 1. The van der Waals surface area contributed by atoms with Gasteiger partial charge in [-0.25, -0.2) is 19.7 Å². The average molecular weight is 869 g/mol. The van der Waals surface area contributed by atoms with Crippen molar-refractivity contribution < 1.29 is 28.8 Å². The van der Waals surface area contributed by atoms with Gasteiger partial charge in [0.1, 0.15) is 41.7 Å². The molecule has 1 aliphatic rings. The van der Waals surface area contributed by atoms with Crippen molar-refractivity contribution in [3.63, 3.8) is 0 Å². The molecule has 1 atom stereocenters. The van der Waals surface area contributed by atoms with Crippen LogP contribution >= 0.6 is 22.9 Å². The van der Waals surface area contributed by atoms with Crippen molar-refractivity contribution in [2.75, 3.05) is 72.0 Å². The van der Waals surface area contributed by atoms with Crippen molar-refractivity contribution in [2.45, 2.75) is 52.4 Å². The van der Waals surface area contributed by atoms with Crippen LogP contribution in [0, 0.1) is 6.92 Å². The number of carboxylic acid groups (broad SMARTS) is 1. The number of likely N-dealkylation sites (N-methyl/N-ethyl adjacent to an activating group) is 1. The summed E-state index contributed by atoms with van der Waals surface area (Å²) in [4.78, 5) is 33.1. The van der Waals surface area contributed by atoms with E-state index < -0.39 is 12.1 Å². The van der Waals surface area contributed by atoms with Crippen LogP contribution in [0.4, 0.5) is 5.82 Å². The van der Waals surface area contributed by atoms with Crippen LogP contribution < -0.4 is 19.5 Å². The Morgan fingerprint density at radius 3 is 2.59 bits per heavy atom. The maximum Gasteiger partial charge on any atom is 0.345 e. The molecule has 5 heterocycles. The second kappa shape index (κ2) is 21.0. The fourth-order valence-corrected chi connectivity index (χ4v) is 8.60. The summed E-state index contributed by atoms with van der Waals surface area (Å²) in [7, 11) is 3.80. The van der Waals surface area contributed by atoms with Gasteiger partial charge in [-0.15, -0.1) is 11.3 Å². The monoisotopic (exact) mass is 868 g/mol. The fraction of sp³-hybridized carbons (Fsp3) is 0.400. The number of unbranched alkanes of at least 4 members (excludes halogenated alkanes) is 1. The lowest BCUT2D eigenvalue weighted by Crippen LogP contribution is -2.45. The van der Waals surface area contributed by atoms with Crippen LogP contribution in [0.2, 0.25) is 5.02 Å². The van der Waals surface area contributed by atoms with Gasteiger partial charge in [-0.2, -0.15) is 5.10 Å². The van der Waals surface area contributed by atoms with E-state index in [4.69, 9.17) is 30.5 Å². The van der Waals surface area contributed by atoms with E-state index in [9.17, 15) is 9.90 Å². The van der Waals surface area contributed by atoms with Gasteiger partial charge in [0.25, 0.3) is 0 Å². The first kappa shape index (κ1) is 43.8. The molecule has 2 aromatic carbocycles. The van der Waals surface area contributed by atoms with Gasteiger partial charge in [0.05, 0.1) is 22.7 Å². The standard InChI is InChI=1S/C45H53ClN8O6S/c1-5-6-18-54-33(15-16-51-54)28-59-35-10-8-7-9-31(35)26-37(45(55)56)60-43-40-39(34-12-13-36(41(46)30(34)2)58-25-23-53-21-19-52(3)20-22-53)42(61-44(40)50-29-49-43)32-11-14-38(48-27-32)47-17-24-57-4/h7-16,27,29,37H,5-6,17-26,28H2,1-4H3,(H,47,48)(H,55,56)/t37-/m1/s1. The minimum atomic E-state index is -1.31. The first-order chi connectivity index (χ1) is 29.7. The van der Waals surface area contributed by atoms with E-state index in [0.29, 0.717) is 57.9 Å². The summed E-state index contributed by atoms with van der Waals surface area (Å²) >= 11 is 8.56. The number of thiophene rings is 1. The molecule has 6 aromatic rings. The zero-order chi connectivity index (χ0) is 42.7. The number of benzene rings is 2. The smallest absolute Gasteiger partial charge is 0.345 e.